The number of unbranched alkanes of at least 4 members (excludes halogenated alkanes) is 2. The molecule has 3 aromatic carbocycles. The second-order valence-corrected chi connectivity index (χ2v) is 8.85. The highest BCUT2D eigenvalue weighted by Gasteiger charge is 2.12. The van der Waals surface area contributed by atoms with Crippen LogP contribution in [-0.2, 0) is 13.0 Å². The van der Waals surface area contributed by atoms with E-state index in [0.717, 1.165) is 54.0 Å². The Labute approximate surface area is 217 Å². The van der Waals surface area contributed by atoms with Gasteiger partial charge in [-0.1, -0.05) is 54.4 Å². The van der Waals surface area contributed by atoms with Crippen molar-refractivity contribution in [3.8, 4) is 11.5 Å². The molecule has 0 radical (unpaired) electrons. The molecule has 0 bridgehead atoms. The van der Waals surface area contributed by atoms with Crippen LogP contribution in [0.4, 0.5) is 0 Å². The molecule has 0 aliphatic heterocycles. The number of carbonyl (C=O) groups excluding carboxylic acids is 1. The molecule has 1 aromatic heterocycles. The summed E-state index contributed by atoms with van der Waals surface area (Å²) in [6, 6.07) is 23.1. The highest BCUT2D eigenvalue weighted by Crippen LogP contribution is 2.26. The van der Waals surface area contributed by atoms with Crippen LogP contribution in [0.1, 0.15) is 42.4 Å². The van der Waals surface area contributed by atoms with E-state index in [-0.39, 0.29) is 5.91 Å². The number of fused-ring (bicyclic) bond motifs is 1. The number of imidazole rings is 1. The Balaban J connectivity index is 1.29. The van der Waals surface area contributed by atoms with E-state index in [2.05, 4.69) is 16.0 Å². The quantitative estimate of drug-likeness (QED) is 0.216. The van der Waals surface area contributed by atoms with Gasteiger partial charge in [0, 0.05) is 13.0 Å². The van der Waals surface area contributed by atoms with Gasteiger partial charge in [0.05, 0.1) is 34.8 Å². The molecule has 1 amide bonds. The van der Waals surface area contributed by atoms with Crippen LogP contribution in [-0.4, -0.2) is 35.2 Å². The van der Waals surface area contributed by atoms with Crippen molar-refractivity contribution in [2.45, 2.75) is 39.2 Å². The number of aromatic nitrogens is 2. The molecular weight excluding hydrogens is 474 g/mol. The molecule has 0 aliphatic carbocycles. The second-order valence-electron chi connectivity index (χ2n) is 8.44. The number of ether oxygens (including phenoxy) is 2. The molecule has 1 N–H and O–H groups in total. The zero-order valence-electron chi connectivity index (χ0n) is 20.6. The van der Waals surface area contributed by atoms with Crippen LogP contribution < -0.4 is 14.8 Å². The highest BCUT2D eigenvalue weighted by atomic mass is 35.5. The molecule has 0 fully saturated rings. The highest BCUT2D eigenvalue weighted by molar-refractivity contribution is 6.33. The number of rotatable bonds is 13. The van der Waals surface area contributed by atoms with Crippen LogP contribution in [0.2, 0.25) is 5.02 Å². The molecule has 188 valence electrons. The van der Waals surface area contributed by atoms with Crippen molar-refractivity contribution in [1.82, 2.24) is 14.9 Å². The summed E-state index contributed by atoms with van der Waals surface area (Å²) in [7, 11) is 0. The maximum Gasteiger partial charge on any atom is 0.252 e. The smallest absolute Gasteiger partial charge is 0.252 e. The maximum atomic E-state index is 12.3. The first-order valence-electron chi connectivity index (χ1n) is 12.5. The summed E-state index contributed by atoms with van der Waals surface area (Å²) in [5.74, 6) is 2.44. The fraction of sp³-hybridized carbons (Fsp3) is 0.310. The van der Waals surface area contributed by atoms with Crippen LogP contribution in [0.3, 0.4) is 0 Å². The van der Waals surface area contributed by atoms with E-state index < -0.39 is 0 Å². The third-order valence-electron chi connectivity index (χ3n) is 5.94. The van der Waals surface area contributed by atoms with E-state index in [4.69, 9.17) is 26.1 Å². The molecule has 36 heavy (non-hydrogen) atoms. The monoisotopic (exact) mass is 505 g/mol. The van der Waals surface area contributed by atoms with Crippen molar-refractivity contribution in [1.29, 1.82) is 0 Å². The Morgan fingerprint density at radius 1 is 0.917 bits per heavy atom. The van der Waals surface area contributed by atoms with Gasteiger partial charge in [0.25, 0.3) is 5.91 Å². The molecule has 7 heteroatoms. The van der Waals surface area contributed by atoms with Crippen LogP contribution in [0.5, 0.6) is 11.5 Å². The Hall–Kier alpha value is -3.51. The van der Waals surface area contributed by atoms with Gasteiger partial charge in [-0.3, -0.25) is 4.79 Å². The second kappa shape index (κ2) is 13.0. The third-order valence-corrected chi connectivity index (χ3v) is 6.27. The number of carbonyl (C=O) groups is 1. The van der Waals surface area contributed by atoms with Crippen molar-refractivity contribution in [2.24, 2.45) is 0 Å². The first-order chi connectivity index (χ1) is 17.7. The van der Waals surface area contributed by atoms with E-state index >= 15 is 0 Å². The van der Waals surface area contributed by atoms with Crippen molar-refractivity contribution >= 4 is 28.5 Å². The minimum Gasteiger partial charge on any atom is -0.490 e. The summed E-state index contributed by atoms with van der Waals surface area (Å²) in [5.41, 5.74) is 2.62. The Bertz CT molecular complexity index is 1290. The lowest BCUT2D eigenvalue weighted by molar-refractivity contribution is 0.0953. The predicted octanol–water partition coefficient (Wildman–Crippen LogP) is 6.31. The summed E-state index contributed by atoms with van der Waals surface area (Å²) < 4.78 is 14.0. The van der Waals surface area contributed by atoms with Gasteiger partial charge in [0.1, 0.15) is 12.4 Å². The SMILES string of the molecule is CCOc1ccccc1OCCn1c(CCCCCNC(=O)c2ccccc2Cl)nc2ccccc21. The Morgan fingerprint density at radius 2 is 1.64 bits per heavy atom. The number of para-hydroxylation sites is 4. The van der Waals surface area contributed by atoms with Gasteiger partial charge in [0.2, 0.25) is 0 Å². The largest absolute Gasteiger partial charge is 0.490 e. The maximum absolute atomic E-state index is 12.3. The predicted molar refractivity (Wildman–Crippen MR) is 144 cm³/mol. The van der Waals surface area contributed by atoms with Gasteiger partial charge in [-0.25, -0.2) is 4.98 Å². The summed E-state index contributed by atoms with van der Waals surface area (Å²) in [6.07, 6.45) is 3.74. The Kier molecular flexibility index (Phi) is 9.22. The minimum atomic E-state index is -0.131. The number of hydrogen-bond donors (Lipinski definition) is 1. The fourth-order valence-electron chi connectivity index (χ4n) is 4.18. The number of hydrogen-bond acceptors (Lipinski definition) is 4. The van der Waals surface area contributed by atoms with E-state index in [0.29, 0.717) is 36.9 Å². The molecule has 4 aromatic rings. The lowest BCUT2D eigenvalue weighted by Crippen LogP contribution is -2.24. The number of nitrogens with one attached hydrogen (secondary N) is 1. The van der Waals surface area contributed by atoms with Crippen molar-refractivity contribution in [2.75, 3.05) is 19.8 Å². The van der Waals surface area contributed by atoms with Crippen molar-refractivity contribution in [3.63, 3.8) is 0 Å². The average Bonchev–Trinajstić information content (AvgIpc) is 3.24. The standard InChI is InChI=1S/C29H32ClN3O3/c1-2-35-26-16-9-10-17-27(26)36-21-20-33-25-15-8-7-14-24(25)32-28(33)18-4-3-11-19-31-29(34)22-12-5-6-13-23(22)30/h5-10,12-17H,2-4,11,18-21H2,1H3,(H,31,34). The molecule has 0 unspecified atom stereocenters. The molecule has 0 saturated carbocycles. The summed E-state index contributed by atoms with van der Waals surface area (Å²) in [6.45, 7) is 4.40. The van der Waals surface area contributed by atoms with Gasteiger partial charge in [0.15, 0.2) is 11.5 Å². The van der Waals surface area contributed by atoms with Crippen LogP contribution in [0.25, 0.3) is 11.0 Å². The fourth-order valence-corrected chi connectivity index (χ4v) is 4.41. The van der Waals surface area contributed by atoms with Gasteiger partial charge < -0.3 is 19.4 Å². The number of benzene rings is 3. The van der Waals surface area contributed by atoms with Gasteiger partial charge in [-0.05, 0) is 56.2 Å². The Morgan fingerprint density at radius 3 is 2.44 bits per heavy atom. The average molecular weight is 506 g/mol. The molecular formula is C29H32ClN3O3. The van der Waals surface area contributed by atoms with Crippen molar-refractivity contribution in [3.05, 3.63) is 89.2 Å². The van der Waals surface area contributed by atoms with Gasteiger partial charge in [-0.15, -0.1) is 0 Å². The van der Waals surface area contributed by atoms with E-state index in [9.17, 15) is 4.79 Å². The third kappa shape index (κ3) is 6.58. The molecule has 1 heterocycles. The van der Waals surface area contributed by atoms with Crippen LogP contribution in [0, 0.1) is 0 Å². The zero-order chi connectivity index (χ0) is 25.2. The number of aryl methyl sites for hydroxylation is 1. The van der Waals surface area contributed by atoms with Gasteiger partial charge >= 0.3 is 0 Å². The minimum absolute atomic E-state index is 0.131. The molecule has 0 spiro atoms. The van der Waals surface area contributed by atoms with E-state index in [1.807, 2.05) is 61.5 Å². The first kappa shape index (κ1) is 25.6. The summed E-state index contributed by atoms with van der Waals surface area (Å²) in [4.78, 5) is 17.2. The lowest BCUT2D eigenvalue weighted by Gasteiger charge is -2.13. The molecule has 0 aliphatic rings. The van der Waals surface area contributed by atoms with Crippen LogP contribution >= 0.6 is 11.6 Å². The van der Waals surface area contributed by atoms with Gasteiger partial charge in [-0.2, -0.15) is 0 Å². The van der Waals surface area contributed by atoms with E-state index in [1.54, 1.807) is 12.1 Å². The summed E-state index contributed by atoms with van der Waals surface area (Å²) in [5, 5.41) is 3.43. The molecule has 6 nitrogen and oxygen atoms in total. The molecule has 0 atom stereocenters. The lowest BCUT2D eigenvalue weighted by atomic mass is 10.1. The molecule has 4 rings (SSSR count). The topological polar surface area (TPSA) is 65.4 Å². The molecule has 0 saturated heterocycles. The van der Waals surface area contributed by atoms with Crippen molar-refractivity contribution < 1.29 is 14.3 Å². The van der Waals surface area contributed by atoms with Crippen LogP contribution in [0.15, 0.2) is 72.8 Å². The number of nitrogens with zero attached hydrogens (tertiary/aromatic N) is 2. The zero-order valence-corrected chi connectivity index (χ0v) is 21.3. The van der Waals surface area contributed by atoms with E-state index in [1.165, 1.54) is 0 Å². The number of amides is 1. The normalized spacial score (nSPS) is 10.9. The number of halogens is 1. The first-order valence-corrected chi connectivity index (χ1v) is 12.9. The summed E-state index contributed by atoms with van der Waals surface area (Å²) >= 11 is 6.11.